The molecule has 0 aliphatic carbocycles. The second-order valence-electron chi connectivity index (χ2n) is 2.90. The zero-order valence-electron chi connectivity index (χ0n) is 8.72. The van der Waals surface area contributed by atoms with Crippen molar-refractivity contribution in [1.29, 1.82) is 0 Å². The standard InChI is InChI=1S/C9H8F2N2O4/c1-2-17-9(14)6-3-5(13(15)16)4-12-7(6)8(10)11/h3-4,8H,2H2,1H3. The topological polar surface area (TPSA) is 82.3 Å². The van der Waals surface area contributed by atoms with Crippen LogP contribution in [-0.4, -0.2) is 22.5 Å². The molecule has 0 aliphatic heterocycles. The Labute approximate surface area is 94.4 Å². The van der Waals surface area contributed by atoms with Crippen molar-refractivity contribution in [1.82, 2.24) is 4.98 Å². The first-order valence-corrected chi connectivity index (χ1v) is 4.57. The molecule has 1 aromatic heterocycles. The third-order valence-corrected chi connectivity index (χ3v) is 1.82. The summed E-state index contributed by atoms with van der Waals surface area (Å²) in [5.41, 5.74) is -1.96. The number of nitro groups is 1. The van der Waals surface area contributed by atoms with Gasteiger partial charge >= 0.3 is 5.97 Å². The maximum Gasteiger partial charge on any atom is 0.340 e. The van der Waals surface area contributed by atoms with Crippen molar-refractivity contribution in [3.05, 3.63) is 33.6 Å². The summed E-state index contributed by atoms with van der Waals surface area (Å²) >= 11 is 0. The second kappa shape index (κ2) is 5.28. The number of alkyl halides is 2. The molecule has 0 aliphatic rings. The van der Waals surface area contributed by atoms with Crippen LogP contribution in [0.3, 0.4) is 0 Å². The summed E-state index contributed by atoms with van der Waals surface area (Å²) in [6, 6.07) is 0.729. The molecule has 92 valence electrons. The molecule has 0 unspecified atom stereocenters. The van der Waals surface area contributed by atoms with Crippen molar-refractivity contribution in [3.8, 4) is 0 Å². The predicted molar refractivity (Wildman–Crippen MR) is 51.8 cm³/mol. The van der Waals surface area contributed by atoms with Gasteiger partial charge in [-0.25, -0.2) is 18.6 Å². The van der Waals surface area contributed by atoms with Gasteiger partial charge in [0.15, 0.2) is 0 Å². The number of ether oxygens (including phenoxy) is 1. The van der Waals surface area contributed by atoms with E-state index < -0.39 is 34.3 Å². The van der Waals surface area contributed by atoms with Crippen LogP contribution in [0.2, 0.25) is 0 Å². The molecular weight excluding hydrogens is 238 g/mol. The van der Waals surface area contributed by atoms with Gasteiger partial charge in [-0.2, -0.15) is 0 Å². The van der Waals surface area contributed by atoms with Crippen molar-refractivity contribution in [2.24, 2.45) is 0 Å². The van der Waals surface area contributed by atoms with Crippen LogP contribution in [-0.2, 0) is 4.74 Å². The molecule has 0 saturated carbocycles. The minimum atomic E-state index is -3.00. The van der Waals surface area contributed by atoms with Gasteiger partial charge in [0.05, 0.1) is 17.1 Å². The minimum Gasteiger partial charge on any atom is -0.462 e. The Morgan fingerprint density at radius 3 is 2.76 bits per heavy atom. The van der Waals surface area contributed by atoms with E-state index in [-0.39, 0.29) is 6.61 Å². The number of rotatable bonds is 4. The van der Waals surface area contributed by atoms with Crippen molar-refractivity contribution >= 4 is 11.7 Å². The molecule has 8 heteroatoms. The number of hydrogen-bond donors (Lipinski definition) is 0. The molecule has 0 spiro atoms. The van der Waals surface area contributed by atoms with Gasteiger partial charge in [0, 0.05) is 6.07 Å². The highest BCUT2D eigenvalue weighted by molar-refractivity contribution is 5.91. The van der Waals surface area contributed by atoms with Gasteiger partial charge in [0.2, 0.25) is 0 Å². The second-order valence-corrected chi connectivity index (χ2v) is 2.90. The fourth-order valence-corrected chi connectivity index (χ4v) is 1.11. The first-order valence-electron chi connectivity index (χ1n) is 4.57. The van der Waals surface area contributed by atoms with Gasteiger partial charge < -0.3 is 4.74 Å². The molecule has 1 heterocycles. The Hall–Kier alpha value is -2.12. The quantitative estimate of drug-likeness (QED) is 0.461. The van der Waals surface area contributed by atoms with E-state index >= 15 is 0 Å². The summed E-state index contributed by atoms with van der Waals surface area (Å²) in [5, 5.41) is 10.4. The number of nitrogens with zero attached hydrogens (tertiary/aromatic N) is 2. The summed E-state index contributed by atoms with van der Waals surface area (Å²) in [6.07, 6.45) is -2.33. The highest BCUT2D eigenvalue weighted by Gasteiger charge is 2.24. The average molecular weight is 246 g/mol. The summed E-state index contributed by atoms with van der Waals surface area (Å²) < 4.78 is 29.6. The molecule has 0 fully saturated rings. The molecule has 0 N–H and O–H groups in total. The smallest absolute Gasteiger partial charge is 0.340 e. The third kappa shape index (κ3) is 2.92. The van der Waals surface area contributed by atoms with Gasteiger partial charge in [0.1, 0.15) is 11.9 Å². The van der Waals surface area contributed by atoms with Crippen LogP contribution in [0.15, 0.2) is 12.3 Å². The van der Waals surface area contributed by atoms with Crippen LogP contribution in [0, 0.1) is 10.1 Å². The number of carbonyl (C=O) groups is 1. The monoisotopic (exact) mass is 246 g/mol. The number of hydrogen-bond acceptors (Lipinski definition) is 5. The SMILES string of the molecule is CCOC(=O)c1cc([N+](=O)[O-])cnc1C(F)F. The van der Waals surface area contributed by atoms with E-state index in [2.05, 4.69) is 9.72 Å². The van der Waals surface area contributed by atoms with Gasteiger partial charge in [-0.05, 0) is 6.92 Å². The van der Waals surface area contributed by atoms with Gasteiger partial charge in [0.25, 0.3) is 12.1 Å². The zero-order valence-corrected chi connectivity index (χ0v) is 8.72. The molecule has 0 aromatic carbocycles. The van der Waals surface area contributed by atoms with Crippen molar-refractivity contribution < 1.29 is 23.2 Å². The van der Waals surface area contributed by atoms with Crippen LogP contribution in [0.1, 0.15) is 29.4 Å². The Balaban J connectivity index is 3.25. The predicted octanol–water partition coefficient (Wildman–Crippen LogP) is 2.10. The van der Waals surface area contributed by atoms with Crippen molar-refractivity contribution in [2.45, 2.75) is 13.3 Å². The highest BCUT2D eigenvalue weighted by Crippen LogP contribution is 2.24. The van der Waals surface area contributed by atoms with Crippen molar-refractivity contribution in [2.75, 3.05) is 6.61 Å². The largest absolute Gasteiger partial charge is 0.462 e. The minimum absolute atomic E-state index is 0.0236. The fraction of sp³-hybridized carbons (Fsp3) is 0.333. The van der Waals surface area contributed by atoms with E-state index in [4.69, 9.17) is 0 Å². The number of halogens is 2. The van der Waals surface area contributed by atoms with E-state index in [1.54, 1.807) is 0 Å². The zero-order chi connectivity index (χ0) is 13.0. The molecule has 0 bridgehead atoms. The van der Waals surface area contributed by atoms with Crippen LogP contribution < -0.4 is 0 Å². The Morgan fingerprint density at radius 1 is 1.65 bits per heavy atom. The van der Waals surface area contributed by atoms with Crippen LogP contribution in [0.25, 0.3) is 0 Å². The third-order valence-electron chi connectivity index (χ3n) is 1.82. The molecule has 17 heavy (non-hydrogen) atoms. The van der Waals surface area contributed by atoms with E-state index in [0.29, 0.717) is 6.20 Å². The van der Waals surface area contributed by atoms with Crippen molar-refractivity contribution in [3.63, 3.8) is 0 Å². The highest BCUT2D eigenvalue weighted by atomic mass is 19.3. The molecule has 0 saturated heterocycles. The van der Waals surface area contributed by atoms with Crippen LogP contribution in [0.5, 0.6) is 0 Å². The summed E-state index contributed by atoms with van der Waals surface area (Å²) in [4.78, 5) is 24.1. The lowest BCUT2D eigenvalue weighted by atomic mass is 10.2. The summed E-state index contributed by atoms with van der Waals surface area (Å²) in [5.74, 6) is -1.06. The molecule has 0 atom stereocenters. The maximum absolute atomic E-state index is 12.5. The Kier molecular flexibility index (Phi) is 4.02. The first kappa shape index (κ1) is 12.9. The van der Waals surface area contributed by atoms with E-state index in [1.807, 2.05) is 0 Å². The van der Waals surface area contributed by atoms with E-state index in [1.165, 1.54) is 6.92 Å². The van der Waals surface area contributed by atoms with E-state index in [0.717, 1.165) is 6.07 Å². The Morgan fingerprint density at radius 2 is 2.29 bits per heavy atom. The number of esters is 1. The first-order chi connectivity index (χ1) is 7.97. The lowest BCUT2D eigenvalue weighted by molar-refractivity contribution is -0.385. The lowest BCUT2D eigenvalue weighted by Crippen LogP contribution is -2.10. The molecule has 1 rings (SSSR count). The molecule has 0 amide bonds. The number of aromatic nitrogens is 1. The fourth-order valence-electron chi connectivity index (χ4n) is 1.11. The van der Waals surface area contributed by atoms with E-state index in [9.17, 15) is 23.7 Å². The van der Waals surface area contributed by atoms with Crippen LogP contribution >= 0.6 is 0 Å². The molecular formula is C9H8F2N2O4. The average Bonchev–Trinajstić information content (AvgIpc) is 2.28. The van der Waals surface area contributed by atoms with Gasteiger partial charge in [-0.1, -0.05) is 0 Å². The number of carbonyl (C=O) groups excluding carboxylic acids is 1. The molecule has 0 radical (unpaired) electrons. The lowest BCUT2D eigenvalue weighted by Gasteiger charge is -2.06. The molecule has 1 aromatic rings. The van der Waals surface area contributed by atoms with Crippen LogP contribution in [0.4, 0.5) is 14.5 Å². The van der Waals surface area contributed by atoms with Gasteiger partial charge in [-0.3, -0.25) is 10.1 Å². The molecule has 6 nitrogen and oxygen atoms in total. The van der Waals surface area contributed by atoms with Gasteiger partial charge in [-0.15, -0.1) is 0 Å². The summed E-state index contributed by atoms with van der Waals surface area (Å²) in [7, 11) is 0. The maximum atomic E-state index is 12.5. The Bertz CT molecular complexity index is 451. The number of pyridine rings is 1. The summed E-state index contributed by atoms with van der Waals surface area (Å²) in [6.45, 7) is 1.47. The normalized spacial score (nSPS) is 10.4.